The zero-order chi connectivity index (χ0) is 23.5. The molecule has 0 saturated carbocycles. The van der Waals surface area contributed by atoms with Gasteiger partial charge in [-0.1, -0.05) is 96.8 Å². The van der Waals surface area contributed by atoms with Crippen molar-refractivity contribution >= 4 is 11.6 Å². The second-order valence-electron chi connectivity index (χ2n) is 8.66. The van der Waals surface area contributed by atoms with Crippen LogP contribution in [0.2, 0.25) is 0 Å². The Morgan fingerprint density at radius 3 is 1.39 bits per heavy atom. The molecule has 0 fully saturated rings. The van der Waals surface area contributed by atoms with E-state index in [4.69, 9.17) is 5.11 Å². The standard InChI is InChI=1S/C24H46O7/c1-2-3-4-5-6-7-8-9-10-11-12-13-14-15-16-17-19(26)21(28)23(30)24(31)22(29)20(27)18-25/h20,22-25,27,29-31H,2-18H2,1H3/t20-,22+,23+,24+/m1/s1. The molecule has 31 heavy (non-hydrogen) atoms. The van der Waals surface area contributed by atoms with E-state index in [1.807, 2.05) is 0 Å². The van der Waals surface area contributed by atoms with Crippen LogP contribution < -0.4 is 0 Å². The van der Waals surface area contributed by atoms with Crippen LogP contribution in [0, 0.1) is 0 Å². The first-order valence-corrected chi connectivity index (χ1v) is 12.3. The van der Waals surface area contributed by atoms with Gasteiger partial charge in [0.25, 0.3) is 0 Å². The third-order valence-corrected chi connectivity index (χ3v) is 5.81. The van der Waals surface area contributed by atoms with Gasteiger partial charge in [0.1, 0.15) is 24.4 Å². The predicted octanol–water partition coefficient (Wildman–Crippen LogP) is 2.82. The van der Waals surface area contributed by atoms with Gasteiger partial charge in [-0.15, -0.1) is 0 Å². The van der Waals surface area contributed by atoms with Gasteiger partial charge in [-0.05, 0) is 6.42 Å². The van der Waals surface area contributed by atoms with Crippen molar-refractivity contribution in [2.24, 2.45) is 0 Å². The summed E-state index contributed by atoms with van der Waals surface area (Å²) in [5, 5.41) is 46.9. The smallest absolute Gasteiger partial charge is 0.229 e. The number of Topliss-reactive ketones (excluding diaryl/α,β-unsaturated/α-hetero) is 2. The van der Waals surface area contributed by atoms with Gasteiger partial charge in [0.15, 0.2) is 0 Å². The van der Waals surface area contributed by atoms with Crippen LogP contribution in [0.25, 0.3) is 0 Å². The summed E-state index contributed by atoms with van der Waals surface area (Å²) in [4.78, 5) is 23.7. The van der Waals surface area contributed by atoms with Crippen LogP contribution in [0.3, 0.4) is 0 Å². The summed E-state index contributed by atoms with van der Waals surface area (Å²) in [5.41, 5.74) is 0. The lowest BCUT2D eigenvalue weighted by Gasteiger charge is -2.24. The van der Waals surface area contributed by atoms with Gasteiger partial charge in [0, 0.05) is 6.42 Å². The van der Waals surface area contributed by atoms with E-state index in [9.17, 15) is 30.0 Å². The maximum atomic E-state index is 11.9. The molecule has 0 rings (SSSR count). The first-order chi connectivity index (χ1) is 14.9. The minimum Gasteiger partial charge on any atom is -0.394 e. The third kappa shape index (κ3) is 14.8. The number of unbranched alkanes of at least 4 members (excludes halogenated alkanes) is 14. The molecule has 0 amide bonds. The summed E-state index contributed by atoms with van der Waals surface area (Å²) in [7, 11) is 0. The summed E-state index contributed by atoms with van der Waals surface area (Å²) in [6, 6.07) is 0. The SMILES string of the molecule is CCCCCCCCCCCCCCCCCC(=O)C(=O)[C@H](O)[C@@H](O)[C@@H](O)[C@H](O)CO. The molecule has 0 saturated heterocycles. The highest BCUT2D eigenvalue weighted by Crippen LogP contribution is 2.14. The zero-order valence-electron chi connectivity index (χ0n) is 19.4. The minimum absolute atomic E-state index is 0.0144. The highest BCUT2D eigenvalue weighted by atomic mass is 16.4. The Kier molecular flexibility index (Phi) is 19.2. The molecule has 184 valence electrons. The highest BCUT2D eigenvalue weighted by molar-refractivity contribution is 6.38. The molecule has 0 aromatic carbocycles. The second-order valence-corrected chi connectivity index (χ2v) is 8.66. The molecule has 0 radical (unpaired) electrons. The first kappa shape index (κ1) is 30.1. The van der Waals surface area contributed by atoms with Gasteiger partial charge in [-0.2, -0.15) is 0 Å². The van der Waals surface area contributed by atoms with E-state index in [2.05, 4.69) is 6.92 Å². The summed E-state index contributed by atoms with van der Waals surface area (Å²) in [6.45, 7) is 1.40. The quantitative estimate of drug-likeness (QED) is 0.127. The monoisotopic (exact) mass is 446 g/mol. The molecule has 5 N–H and O–H groups in total. The van der Waals surface area contributed by atoms with Crippen LogP contribution in [0.1, 0.15) is 110 Å². The van der Waals surface area contributed by atoms with Gasteiger partial charge in [0.05, 0.1) is 6.61 Å². The summed E-state index contributed by atoms with van der Waals surface area (Å²) < 4.78 is 0. The van der Waals surface area contributed by atoms with Crippen molar-refractivity contribution in [3.8, 4) is 0 Å². The molecule has 0 aromatic heterocycles. The predicted molar refractivity (Wildman–Crippen MR) is 121 cm³/mol. The lowest BCUT2D eigenvalue weighted by molar-refractivity contribution is -0.154. The lowest BCUT2D eigenvalue weighted by Crippen LogP contribution is -2.50. The molecule has 4 atom stereocenters. The topological polar surface area (TPSA) is 135 Å². The minimum atomic E-state index is -2.11. The average Bonchev–Trinajstić information content (AvgIpc) is 2.78. The van der Waals surface area contributed by atoms with Crippen molar-refractivity contribution in [3.05, 3.63) is 0 Å². The Hall–Kier alpha value is -0.860. The molecule has 7 nitrogen and oxygen atoms in total. The number of hydrogen-bond acceptors (Lipinski definition) is 7. The number of aliphatic hydroxyl groups is 5. The number of carbonyl (C=O) groups excluding carboxylic acids is 2. The molecule has 0 heterocycles. The molecule has 0 unspecified atom stereocenters. The van der Waals surface area contributed by atoms with Crippen LogP contribution in [0.5, 0.6) is 0 Å². The van der Waals surface area contributed by atoms with E-state index in [1.54, 1.807) is 0 Å². The number of ketones is 2. The Bertz CT molecular complexity index is 455. The maximum Gasteiger partial charge on any atom is 0.229 e. The summed E-state index contributed by atoms with van der Waals surface area (Å²) >= 11 is 0. The average molecular weight is 447 g/mol. The van der Waals surface area contributed by atoms with Gasteiger partial charge in [-0.25, -0.2) is 0 Å². The maximum absolute atomic E-state index is 11.9. The number of hydrogen-bond donors (Lipinski definition) is 5. The number of rotatable bonds is 22. The van der Waals surface area contributed by atoms with Crippen LogP contribution in [0.15, 0.2) is 0 Å². The fourth-order valence-electron chi connectivity index (χ4n) is 3.62. The Labute approximate surface area is 187 Å². The van der Waals surface area contributed by atoms with Gasteiger partial charge >= 0.3 is 0 Å². The fraction of sp³-hybridized carbons (Fsp3) is 0.917. The van der Waals surface area contributed by atoms with E-state index >= 15 is 0 Å². The van der Waals surface area contributed by atoms with Crippen LogP contribution >= 0.6 is 0 Å². The van der Waals surface area contributed by atoms with E-state index in [-0.39, 0.29) is 6.42 Å². The lowest BCUT2D eigenvalue weighted by atomic mass is 9.96. The summed E-state index contributed by atoms with van der Waals surface area (Å²) in [6.07, 6.45) is 10.1. The van der Waals surface area contributed by atoms with Crippen molar-refractivity contribution in [1.82, 2.24) is 0 Å². The Morgan fingerprint density at radius 2 is 1.00 bits per heavy atom. The molecule has 0 aromatic rings. The van der Waals surface area contributed by atoms with Crippen LogP contribution in [-0.4, -0.2) is 68.1 Å². The number of aliphatic hydroxyl groups excluding tert-OH is 5. The first-order valence-electron chi connectivity index (χ1n) is 12.3. The molecule has 7 heteroatoms. The summed E-state index contributed by atoms with van der Waals surface area (Å²) in [5.74, 6) is -1.98. The van der Waals surface area contributed by atoms with E-state index in [1.165, 1.54) is 70.6 Å². The largest absolute Gasteiger partial charge is 0.394 e. The Balaban J connectivity index is 3.65. The normalized spacial score (nSPS) is 15.4. The van der Waals surface area contributed by atoms with E-state index < -0.39 is 42.6 Å². The van der Waals surface area contributed by atoms with Gasteiger partial charge in [0.2, 0.25) is 11.6 Å². The second kappa shape index (κ2) is 19.8. The third-order valence-electron chi connectivity index (χ3n) is 5.81. The molecule has 0 aliphatic carbocycles. The molecule has 0 spiro atoms. The van der Waals surface area contributed by atoms with Crippen molar-refractivity contribution < 1.29 is 35.1 Å². The van der Waals surface area contributed by atoms with E-state index in [0.29, 0.717) is 6.42 Å². The van der Waals surface area contributed by atoms with Crippen LogP contribution in [0.4, 0.5) is 0 Å². The van der Waals surface area contributed by atoms with Crippen molar-refractivity contribution in [2.45, 2.75) is 134 Å². The zero-order valence-corrected chi connectivity index (χ0v) is 19.4. The van der Waals surface area contributed by atoms with Crippen LogP contribution in [-0.2, 0) is 9.59 Å². The number of carbonyl (C=O) groups is 2. The van der Waals surface area contributed by atoms with Crippen molar-refractivity contribution in [2.75, 3.05) is 6.61 Å². The van der Waals surface area contributed by atoms with Gasteiger partial charge < -0.3 is 25.5 Å². The highest BCUT2D eigenvalue weighted by Gasteiger charge is 2.36. The molecular formula is C24H46O7. The molecule has 0 bridgehead atoms. The van der Waals surface area contributed by atoms with E-state index in [0.717, 1.165) is 19.3 Å². The molecular weight excluding hydrogens is 400 g/mol. The van der Waals surface area contributed by atoms with Crippen molar-refractivity contribution in [3.63, 3.8) is 0 Å². The van der Waals surface area contributed by atoms with Gasteiger partial charge in [-0.3, -0.25) is 9.59 Å². The molecule has 0 aliphatic rings. The fourth-order valence-corrected chi connectivity index (χ4v) is 3.62. The molecule has 0 aliphatic heterocycles. The van der Waals surface area contributed by atoms with Crippen molar-refractivity contribution in [1.29, 1.82) is 0 Å². The Morgan fingerprint density at radius 1 is 0.613 bits per heavy atom.